The lowest BCUT2D eigenvalue weighted by Crippen LogP contribution is -2.36. The number of amides is 1. The van der Waals surface area contributed by atoms with Gasteiger partial charge in [-0.2, -0.15) is 0 Å². The van der Waals surface area contributed by atoms with E-state index in [2.05, 4.69) is 5.32 Å². The Labute approximate surface area is 129 Å². The Morgan fingerprint density at radius 1 is 1.23 bits per heavy atom. The van der Waals surface area contributed by atoms with Crippen molar-refractivity contribution in [2.45, 2.75) is 13.3 Å². The highest BCUT2D eigenvalue weighted by molar-refractivity contribution is 5.97. The first-order valence-corrected chi connectivity index (χ1v) is 7.38. The lowest BCUT2D eigenvalue weighted by molar-refractivity contribution is -0.146. The number of ether oxygens (including phenoxy) is 1. The third-order valence-corrected chi connectivity index (χ3v) is 4.66. The van der Waals surface area contributed by atoms with Gasteiger partial charge in [0.2, 0.25) is 5.91 Å². The van der Waals surface area contributed by atoms with Gasteiger partial charge in [0.25, 0.3) is 0 Å². The van der Waals surface area contributed by atoms with E-state index in [1.165, 1.54) is 0 Å². The summed E-state index contributed by atoms with van der Waals surface area (Å²) in [6.45, 7) is 1.93. The number of aliphatic carboxylic acids is 1. The molecular formula is C17H19NO4. The molecule has 4 atom stereocenters. The molecule has 0 aromatic heterocycles. The van der Waals surface area contributed by atoms with E-state index < -0.39 is 17.8 Å². The molecule has 0 radical (unpaired) electrons. The fraction of sp³-hybridized carbons (Fsp3) is 0.412. The van der Waals surface area contributed by atoms with Crippen molar-refractivity contribution < 1.29 is 19.4 Å². The van der Waals surface area contributed by atoms with Crippen LogP contribution in [0.2, 0.25) is 0 Å². The summed E-state index contributed by atoms with van der Waals surface area (Å²) in [6.07, 6.45) is 4.66. The average molecular weight is 301 g/mol. The summed E-state index contributed by atoms with van der Waals surface area (Å²) in [5, 5.41) is 12.3. The van der Waals surface area contributed by atoms with Crippen molar-refractivity contribution in [3.8, 4) is 5.75 Å². The number of aryl methyl sites for hydroxylation is 1. The molecule has 0 aliphatic heterocycles. The summed E-state index contributed by atoms with van der Waals surface area (Å²) in [4.78, 5) is 24.1. The predicted molar refractivity (Wildman–Crippen MR) is 81.7 cm³/mol. The van der Waals surface area contributed by atoms with E-state index >= 15 is 0 Å². The van der Waals surface area contributed by atoms with Gasteiger partial charge in [-0.15, -0.1) is 0 Å². The zero-order valence-electron chi connectivity index (χ0n) is 12.6. The van der Waals surface area contributed by atoms with E-state index in [4.69, 9.17) is 4.74 Å². The molecule has 0 unspecified atom stereocenters. The zero-order valence-corrected chi connectivity index (χ0v) is 12.6. The molecule has 0 heterocycles. The molecule has 2 N–H and O–H groups in total. The van der Waals surface area contributed by atoms with Crippen LogP contribution >= 0.6 is 0 Å². The molecule has 0 saturated heterocycles. The van der Waals surface area contributed by atoms with E-state index in [9.17, 15) is 14.7 Å². The number of nitrogens with one attached hydrogen (secondary N) is 1. The van der Waals surface area contributed by atoms with Gasteiger partial charge < -0.3 is 15.2 Å². The number of carbonyl (C=O) groups is 2. The van der Waals surface area contributed by atoms with Crippen molar-refractivity contribution in [2.24, 2.45) is 23.7 Å². The monoisotopic (exact) mass is 301 g/mol. The standard InChI is InChI=1S/C17H19NO4/c1-9-3-6-13(22-2)12(7-9)18-16(19)14-10-4-5-11(8-10)15(14)17(20)21/h3-7,10-11,14-15H,8H2,1-2H3,(H,18,19)(H,20,21)/t10-,11+,14-,15+/m1/s1. The predicted octanol–water partition coefficient (Wildman–Crippen LogP) is 2.47. The van der Waals surface area contributed by atoms with E-state index in [1.807, 2.05) is 31.2 Å². The fourth-order valence-corrected chi connectivity index (χ4v) is 3.65. The van der Waals surface area contributed by atoms with Crippen LogP contribution in [-0.4, -0.2) is 24.1 Å². The molecule has 2 aliphatic carbocycles. The average Bonchev–Trinajstić information content (AvgIpc) is 3.08. The van der Waals surface area contributed by atoms with Crippen LogP contribution in [0.3, 0.4) is 0 Å². The number of anilines is 1. The van der Waals surface area contributed by atoms with E-state index in [0.717, 1.165) is 12.0 Å². The maximum atomic E-state index is 12.6. The zero-order chi connectivity index (χ0) is 15.9. The van der Waals surface area contributed by atoms with Crippen LogP contribution in [0.5, 0.6) is 5.75 Å². The summed E-state index contributed by atoms with van der Waals surface area (Å²) < 4.78 is 5.26. The largest absolute Gasteiger partial charge is 0.495 e. The molecule has 3 rings (SSSR count). The second-order valence-electron chi connectivity index (χ2n) is 6.03. The number of benzene rings is 1. The molecular weight excluding hydrogens is 282 g/mol. The summed E-state index contributed by atoms with van der Waals surface area (Å²) >= 11 is 0. The molecule has 5 nitrogen and oxygen atoms in total. The van der Waals surface area contributed by atoms with Crippen molar-refractivity contribution in [1.29, 1.82) is 0 Å². The number of hydrogen-bond acceptors (Lipinski definition) is 3. The van der Waals surface area contributed by atoms with Crippen LogP contribution in [-0.2, 0) is 9.59 Å². The van der Waals surface area contributed by atoms with Gasteiger partial charge in [-0.3, -0.25) is 9.59 Å². The molecule has 1 fully saturated rings. The molecule has 22 heavy (non-hydrogen) atoms. The van der Waals surface area contributed by atoms with Gasteiger partial charge in [-0.25, -0.2) is 0 Å². The maximum Gasteiger partial charge on any atom is 0.307 e. The SMILES string of the molecule is COc1ccc(C)cc1NC(=O)[C@H]1[C@@H](C(=O)O)[C@H]2C=C[C@@H]1C2. The molecule has 1 saturated carbocycles. The van der Waals surface area contributed by atoms with Crippen molar-refractivity contribution in [3.05, 3.63) is 35.9 Å². The highest BCUT2D eigenvalue weighted by Gasteiger charge is 2.51. The molecule has 1 aromatic carbocycles. The number of methoxy groups -OCH3 is 1. The minimum atomic E-state index is -0.895. The van der Waals surface area contributed by atoms with Crippen LogP contribution in [0, 0.1) is 30.6 Å². The Bertz CT molecular complexity index is 652. The number of rotatable bonds is 4. The lowest BCUT2D eigenvalue weighted by atomic mass is 9.82. The van der Waals surface area contributed by atoms with Crippen molar-refractivity contribution >= 4 is 17.6 Å². The minimum absolute atomic E-state index is 0.0157. The quantitative estimate of drug-likeness (QED) is 0.838. The van der Waals surface area contributed by atoms with Gasteiger partial charge in [0, 0.05) is 0 Å². The normalized spacial score (nSPS) is 28.6. The van der Waals surface area contributed by atoms with E-state index in [1.54, 1.807) is 13.2 Å². The van der Waals surface area contributed by atoms with Crippen LogP contribution < -0.4 is 10.1 Å². The molecule has 5 heteroatoms. The van der Waals surface area contributed by atoms with Gasteiger partial charge in [-0.1, -0.05) is 18.2 Å². The van der Waals surface area contributed by atoms with Crippen molar-refractivity contribution in [1.82, 2.24) is 0 Å². The molecule has 1 amide bonds. The van der Waals surface area contributed by atoms with Crippen molar-refractivity contribution in [3.63, 3.8) is 0 Å². The molecule has 116 valence electrons. The number of hydrogen-bond donors (Lipinski definition) is 2. The van der Waals surface area contributed by atoms with E-state index in [0.29, 0.717) is 11.4 Å². The smallest absolute Gasteiger partial charge is 0.307 e. The molecule has 1 aromatic rings. The first kappa shape index (κ1) is 14.6. The Balaban J connectivity index is 1.84. The second-order valence-corrected chi connectivity index (χ2v) is 6.03. The molecule has 2 aliphatic rings. The highest BCUT2D eigenvalue weighted by Crippen LogP contribution is 2.48. The Morgan fingerprint density at radius 2 is 1.91 bits per heavy atom. The highest BCUT2D eigenvalue weighted by atomic mass is 16.5. The van der Waals surface area contributed by atoms with Gasteiger partial charge >= 0.3 is 5.97 Å². The van der Waals surface area contributed by atoms with Gasteiger partial charge in [0.15, 0.2) is 0 Å². The number of fused-ring (bicyclic) bond motifs is 2. The summed E-state index contributed by atoms with van der Waals surface area (Å²) in [5.41, 5.74) is 1.59. The Morgan fingerprint density at radius 3 is 2.55 bits per heavy atom. The number of allylic oxidation sites excluding steroid dienone is 2. The van der Waals surface area contributed by atoms with Gasteiger partial charge in [-0.05, 0) is 42.9 Å². The van der Waals surface area contributed by atoms with Crippen molar-refractivity contribution in [2.75, 3.05) is 12.4 Å². The summed E-state index contributed by atoms with van der Waals surface area (Å²) in [7, 11) is 1.54. The van der Waals surface area contributed by atoms with Crippen LogP contribution in [0.15, 0.2) is 30.4 Å². The minimum Gasteiger partial charge on any atom is -0.495 e. The topological polar surface area (TPSA) is 75.6 Å². The molecule has 2 bridgehead atoms. The van der Waals surface area contributed by atoms with Gasteiger partial charge in [0.1, 0.15) is 5.75 Å². The molecule has 0 spiro atoms. The van der Waals surface area contributed by atoms with E-state index in [-0.39, 0.29) is 17.7 Å². The number of carboxylic acid groups (broad SMARTS) is 1. The Hall–Kier alpha value is -2.30. The van der Waals surface area contributed by atoms with Crippen LogP contribution in [0.25, 0.3) is 0 Å². The first-order valence-electron chi connectivity index (χ1n) is 7.38. The summed E-state index contributed by atoms with van der Waals surface area (Å²) in [5.74, 6) is -1.73. The lowest BCUT2D eigenvalue weighted by Gasteiger charge is -2.24. The maximum absolute atomic E-state index is 12.6. The third kappa shape index (κ3) is 2.36. The first-order chi connectivity index (χ1) is 10.5. The third-order valence-electron chi connectivity index (χ3n) is 4.66. The van der Waals surface area contributed by atoms with Crippen LogP contribution in [0.1, 0.15) is 12.0 Å². The van der Waals surface area contributed by atoms with Crippen LogP contribution in [0.4, 0.5) is 5.69 Å². The second kappa shape index (κ2) is 5.48. The Kier molecular flexibility index (Phi) is 3.64. The number of carboxylic acids is 1. The number of carbonyl (C=O) groups excluding carboxylic acids is 1. The summed E-state index contributed by atoms with van der Waals surface area (Å²) in [6, 6.07) is 5.52. The van der Waals surface area contributed by atoms with Gasteiger partial charge in [0.05, 0.1) is 24.6 Å². The fourth-order valence-electron chi connectivity index (χ4n) is 3.65.